The highest BCUT2D eigenvalue weighted by Crippen LogP contribution is 2.46. The normalized spacial score (nSPS) is 11.4. The summed E-state index contributed by atoms with van der Waals surface area (Å²) in [5.41, 5.74) is 7.81. The predicted octanol–water partition coefficient (Wildman–Crippen LogP) is 13.2. The Morgan fingerprint density at radius 1 is 0.333 bits per heavy atom. The molecule has 0 spiro atoms. The smallest absolute Gasteiger partial charge is 0.123 e. The fraction of sp³-hybridized carbons (Fsp3) is 0. The van der Waals surface area contributed by atoms with E-state index in [-0.39, 0.29) is 5.82 Å². The summed E-state index contributed by atoms with van der Waals surface area (Å²) in [5.74, 6) is -0.252. The third-order valence-electron chi connectivity index (χ3n) is 9.50. The second-order valence-corrected chi connectivity index (χ2v) is 12.2. The van der Waals surface area contributed by atoms with Crippen molar-refractivity contribution in [3.05, 3.63) is 188 Å². The van der Waals surface area contributed by atoms with Crippen molar-refractivity contribution >= 4 is 60.2 Å². The second-order valence-electron chi connectivity index (χ2n) is 12.2. The molecular formula is C46H30FN. The van der Waals surface area contributed by atoms with Crippen molar-refractivity contribution in [1.29, 1.82) is 0 Å². The minimum atomic E-state index is -0.252. The first-order chi connectivity index (χ1) is 23.7. The van der Waals surface area contributed by atoms with Gasteiger partial charge >= 0.3 is 0 Å². The van der Waals surface area contributed by atoms with Gasteiger partial charge in [-0.15, -0.1) is 0 Å². The Hall–Kier alpha value is -6.25. The number of rotatable bonds is 5. The Morgan fingerprint density at radius 3 is 1.38 bits per heavy atom. The molecule has 0 heterocycles. The molecule has 226 valence electrons. The molecule has 9 aromatic rings. The van der Waals surface area contributed by atoms with E-state index < -0.39 is 0 Å². The lowest BCUT2D eigenvalue weighted by molar-refractivity contribution is 0.628. The van der Waals surface area contributed by atoms with Gasteiger partial charge in [-0.1, -0.05) is 140 Å². The quantitative estimate of drug-likeness (QED) is 0.174. The largest absolute Gasteiger partial charge is 0.310 e. The lowest BCUT2D eigenvalue weighted by Crippen LogP contribution is -2.10. The average molecular weight is 616 g/mol. The third-order valence-corrected chi connectivity index (χ3v) is 9.50. The van der Waals surface area contributed by atoms with Crippen LogP contribution >= 0.6 is 0 Å². The van der Waals surface area contributed by atoms with Crippen molar-refractivity contribution in [3.63, 3.8) is 0 Å². The van der Waals surface area contributed by atoms with E-state index in [1.54, 1.807) is 0 Å². The van der Waals surface area contributed by atoms with Crippen LogP contribution in [0.5, 0.6) is 0 Å². The van der Waals surface area contributed by atoms with E-state index in [0.29, 0.717) is 0 Å². The lowest BCUT2D eigenvalue weighted by atomic mass is 9.85. The van der Waals surface area contributed by atoms with Crippen LogP contribution < -0.4 is 4.90 Å². The first-order valence-electron chi connectivity index (χ1n) is 16.3. The van der Waals surface area contributed by atoms with Crippen molar-refractivity contribution in [1.82, 2.24) is 0 Å². The maximum atomic E-state index is 14.1. The van der Waals surface area contributed by atoms with Gasteiger partial charge in [-0.05, 0) is 102 Å². The summed E-state index contributed by atoms with van der Waals surface area (Å²) in [4.78, 5) is 2.21. The van der Waals surface area contributed by atoms with Crippen molar-refractivity contribution in [2.75, 3.05) is 4.90 Å². The van der Waals surface area contributed by atoms with Crippen LogP contribution in [0, 0.1) is 5.82 Å². The summed E-state index contributed by atoms with van der Waals surface area (Å²) < 4.78 is 14.1. The molecule has 0 aliphatic carbocycles. The number of fused-ring (bicyclic) bond motifs is 4. The van der Waals surface area contributed by atoms with Gasteiger partial charge in [0.1, 0.15) is 5.82 Å². The van der Waals surface area contributed by atoms with Gasteiger partial charge in [0.05, 0.1) is 5.69 Å². The van der Waals surface area contributed by atoms with E-state index in [1.165, 1.54) is 61.1 Å². The number of anilines is 3. The van der Waals surface area contributed by atoms with Gasteiger partial charge in [-0.3, -0.25) is 0 Å². The van der Waals surface area contributed by atoms with Gasteiger partial charge in [0, 0.05) is 16.8 Å². The first kappa shape index (κ1) is 28.0. The minimum absolute atomic E-state index is 0.252. The molecular weight excluding hydrogens is 586 g/mol. The molecule has 9 aromatic carbocycles. The van der Waals surface area contributed by atoms with Crippen LogP contribution in [0.25, 0.3) is 65.3 Å². The van der Waals surface area contributed by atoms with E-state index in [9.17, 15) is 4.39 Å². The van der Waals surface area contributed by atoms with Crippen molar-refractivity contribution in [2.24, 2.45) is 0 Å². The van der Waals surface area contributed by atoms with Crippen molar-refractivity contribution < 1.29 is 4.39 Å². The Morgan fingerprint density at radius 2 is 0.771 bits per heavy atom. The zero-order valence-electron chi connectivity index (χ0n) is 26.1. The topological polar surface area (TPSA) is 3.24 Å². The molecule has 0 saturated carbocycles. The molecule has 0 aliphatic heterocycles. The molecule has 0 N–H and O–H groups in total. The monoisotopic (exact) mass is 615 g/mol. The van der Waals surface area contributed by atoms with Crippen LogP contribution in [0.1, 0.15) is 0 Å². The maximum absolute atomic E-state index is 14.1. The molecule has 0 unspecified atom stereocenters. The highest BCUT2D eigenvalue weighted by Gasteiger charge is 2.19. The molecule has 9 rings (SSSR count). The molecule has 0 aliphatic rings. The number of halogens is 1. The number of nitrogens with zero attached hydrogens (tertiary/aromatic N) is 1. The van der Waals surface area contributed by atoms with E-state index in [0.717, 1.165) is 33.4 Å². The van der Waals surface area contributed by atoms with Crippen LogP contribution in [0.4, 0.5) is 21.5 Å². The Kier molecular flexibility index (Phi) is 6.72. The fourth-order valence-corrected chi connectivity index (χ4v) is 7.37. The lowest BCUT2D eigenvalue weighted by Gasteiger charge is -2.27. The zero-order chi connectivity index (χ0) is 32.0. The van der Waals surface area contributed by atoms with Gasteiger partial charge in [-0.2, -0.15) is 0 Å². The Bertz CT molecular complexity index is 2550. The Labute approximate surface area is 278 Å². The van der Waals surface area contributed by atoms with Gasteiger partial charge in [0.25, 0.3) is 0 Å². The number of hydrogen-bond donors (Lipinski definition) is 0. The van der Waals surface area contributed by atoms with Gasteiger partial charge in [-0.25, -0.2) is 4.39 Å². The van der Waals surface area contributed by atoms with E-state index in [1.807, 2.05) is 12.1 Å². The first-order valence-corrected chi connectivity index (χ1v) is 16.3. The van der Waals surface area contributed by atoms with Crippen LogP contribution in [-0.2, 0) is 0 Å². The molecule has 0 bridgehead atoms. The zero-order valence-corrected chi connectivity index (χ0v) is 26.1. The van der Waals surface area contributed by atoms with Crippen LogP contribution in [0.3, 0.4) is 0 Å². The Balaban J connectivity index is 1.26. The molecule has 0 aromatic heterocycles. The van der Waals surface area contributed by atoms with Crippen LogP contribution in [0.2, 0.25) is 0 Å². The van der Waals surface area contributed by atoms with E-state index >= 15 is 0 Å². The standard InChI is InChI=1S/C46H30FN/c47-34-25-29-36(30-26-34)48(44-22-10-14-32-12-2-4-16-38(32)44)35-27-23-33(24-28-35)45-40-17-5-7-19-42(40)46(43-20-8-6-18-41(43)45)39-21-9-13-31-11-1-3-15-37(31)39/h1-30H. The summed E-state index contributed by atoms with van der Waals surface area (Å²) in [5, 5.41) is 9.68. The average Bonchev–Trinajstić information content (AvgIpc) is 3.15. The molecule has 48 heavy (non-hydrogen) atoms. The molecule has 0 fully saturated rings. The van der Waals surface area contributed by atoms with Gasteiger partial charge in [0.15, 0.2) is 0 Å². The highest BCUT2D eigenvalue weighted by atomic mass is 19.1. The molecule has 0 atom stereocenters. The maximum Gasteiger partial charge on any atom is 0.123 e. The molecule has 0 saturated heterocycles. The van der Waals surface area contributed by atoms with Crippen molar-refractivity contribution in [3.8, 4) is 22.3 Å². The molecule has 0 amide bonds. The third kappa shape index (κ3) is 4.61. The molecule has 1 nitrogen and oxygen atoms in total. The summed E-state index contributed by atoms with van der Waals surface area (Å²) in [6, 6.07) is 63.1. The number of hydrogen-bond acceptors (Lipinski definition) is 1. The minimum Gasteiger partial charge on any atom is -0.310 e. The molecule has 2 heteroatoms. The van der Waals surface area contributed by atoms with Gasteiger partial charge < -0.3 is 4.90 Å². The van der Waals surface area contributed by atoms with Crippen LogP contribution in [0.15, 0.2) is 182 Å². The summed E-state index contributed by atoms with van der Waals surface area (Å²) in [6.45, 7) is 0. The predicted molar refractivity (Wildman–Crippen MR) is 202 cm³/mol. The fourth-order valence-electron chi connectivity index (χ4n) is 7.37. The SMILES string of the molecule is Fc1ccc(N(c2ccc(-c3c4ccccc4c(-c4cccc5ccccc45)c4ccccc34)cc2)c2cccc3ccccc23)cc1. The summed E-state index contributed by atoms with van der Waals surface area (Å²) in [7, 11) is 0. The molecule has 0 radical (unpaired) electrons. The van der Waals surface area contributed by atoms with Crippen molar-refractivity contribution in [2.45, 2.75) is 0 Å². The second kappa shape index (κ2) is 11.5. The van der Waals surface area contributed by atoms with E-state index in [4.69, 9.17) is 0 Å². The van der Waals surface area contributed by atoms with E-state index in [2.05, 4.69) is 163 Å². The summed E-state index contributed by atoms with van der Waals surface area (Å²) in [6.07, 6.45) is 0. The van der Waals surface area contributed by atoms with Gasteiger partial charge in [0.2, 0.25) is 0 Å². The summed E-state index contributed by atoms with van der Waals surface area (Å²) >= 11 is 0. The highest BCUT2D eigenvalue weighted by molar-refractivity contribution is 6.23. The number of benzene rings is 9. The van der Waals surface area contributed by atoms with Crippen LogP contribution in [-0.4, -0.2) is 0 Å².